The molecule has 0 atom stereocenters. The minimum atomic E-state index is 0.454. The molecule has 0 unspecified atom stereocenters. The van der Waals surface area contributed by atoms with Crippen molar-refractivity contribution in [2.75, 3.05) is 6.61 Å². The van der Waals surface area contributed by atoms with E-state index in [0.29, 0.717) is 12.6 Å². The van der Waals surface area contributed by atoms with Gasteiger partial charge in [-0.2, -0.15) is 0 Å². The van der Waals surface area contributed by atoms with Crippen LogP contribution in [-0.2, 0) is 13.0 Å². The maximum atomic E-state index is 5.87. The van der Waals surface area contributed by atoms with Crippen molar-refractivity contribution in [3.63, 3.8) is 0 Å². The monoisotopic (exact) mass is 291 g/mol. The van der Waals surface area contributed by atoms with Gasteiger partial charge in [-0.3, -0.25) is 4.98 Å². The van der Waals surface area contributed by atoms with E-state index in [1.807, 2.05) is 18.5 Å². The maximum Gasteiger partial charge on any atom is 0.142 e. The van der Waals surface area contributed by atoms with Gasteiger partial charge in [0.05, 0.1) is 24.0 Å². The predicted octanol–water partition coefficient (Wildman–Crippen LogP) is 2.97. The van der Waals surface area contributed by atoms with Gasteiger partial charge in [-0.25, -0.2) is 4.98 Å². The van der Waals surface area contributed by atoms with Crippen molar-refractivity contribution >= 4 is 11.3 Å². The van der Waals surface area contributed by atoms with Crippen LogP contribution in [0.5, 0.6) is 5.75 Å². The molecule has 0 fully saturated rings. The quantitative estimate of drug-likeness (QED) is 0.852. The van der Waals surface area contributed by atoms with Gasteiger partial charge in [0.25, 0.3) is 0 Å². The Balaban J connectivity index is 1.90. The Morgan fingerprint density at radius 3 is 2.95 bits per heavy atom. The molecule has 0 radical (unpaired) electrons. The minimum absolute atomic E-state index is 0.454. The first kappa shape index (κ1) is 14.9. The van der Waals surface area contributed by atoms with Crippen molar-refractivity contribution in [3.8, 4) is 5.75 Å². The van der Waals surface area contributed by atoms with E-state index in [9.17, 15) is 0 Å². The highest BCUT2D eigenvalue weighted by Gasteiger charge is 2.06. The molecule has 2 aromatic heterocycles. The standard InChI is InChI=1S/C15H21N3OS/c1-11(2)17-8-13-4-6-16-9-14(13)19-7-5-15-12(3)18-10-20-15/h4,6,9-11,17H,5,7-8H2,1-3H3. The van der Waals surface area contributed by atoms with Gasteiger partial charge in [-0.15, -0.1) is 11.3 Å². The highest BCUT2D eigenvalue weighted by molar-refractivity contribution is 7.09. The summed E-state index contributed by atoms with van der Waals surface area (Å²) < 4.78 is 5.87. The summed E-state index contributed by atoms with van der Waals surface area (Å²) in [6.45, 7) is 7.76. The number of hydrogen-bond acceptors (Lipinski definition) is 5. The van der Waals surface area contributed by atoms with E-state index in [0.717, 1.165) is 30.0 Å². The van der Waals surface area contributed by atoms with E-state index >= 15 is 0 Å². The van der Waals surface area contributed by atoms with Crippen molar-refractivity contribution < 1.29 is 4.74 Å². The molecule has 4 nitrogen and oxygen atoms in total. The normalized spacial score (nSPS) is 11.0. The zero-order chi connectivity index (χ0) is 14.4. The number of pyridine rings is 1. The second-order valence-corrected chi connectivity index (χ2v) is 5.92. The largest absolute Gasteiger partial charge is 0.491 e. The van der Waals surface area contributed by atoms with Crippen LogP contribution in [0.25, 0.3) is 0 Å². The molecule has 0 saturated heterocycles. The summed E-state index contributed by atoms with van der Waals surface area (Å²) in [7, 11) is 0. The number of nitrogens with one attached hydrogen (secondary N) is 1. The molecule has 0 spiro atoms. The SMILES string of the molecule is Cc1ncsc1CCOc1cnccc1CNC(C)C. The Morgan fingerprint density at radius 1 is 1.40 bits per heavy atom. The summed E-state index contributed by atoms with van der Waals surface area (Å²) in [6.07, 6.45) is 4.48. The lowest BCUT2D eigenvalue weighted by atomic mass is 10.2. The molecule has 0 aromatic carbocycles. The lowest BCUT2D eigenvalue weighted by Gasteiger charge is -2.13. The molecule has 0 aliphatic rings. The van der Waals surface area contributed by atoms with E-state index in [1.165, 1.54) is 4.88 Å². The molecule has 20 heavy (non-hydrogen) atoms. The van der Waals surface area contributed by atoms with Crippen LogP contribution in [0.15, 0.2) is 24.0 Å². The van der Waals surface area contributed by atoms with Crippen molar-refractivity contribution in [2.45, 2.75) is 39.8 Å². The van der Waals surface area contributed by atoms with Crippen LogP contribution in [0.1, 0.15) is 30.0 Å². The van der Waals surface area contributed by atoms with Gasteiger partial charge in [0.1, 0.15) is 5.75 Å². The number of thiazole rings is 1. The van der Waals surface area contributed by atoms with Gasteiger partial charge in [0, 0.05) is 35.6 Å². The average molecular weight is 291 g/mol. The molecule has 0 aliphatic carbocycles. The molecule has 0 saturated carbocycles. The Bertz CT molecular complexity index is 539. The van der Waals surface area contributed by atoms with Gasteiger partial charge in [0.15, 0.2) is 0 Å². The molecular weight excluding hydrogens is 270 g/mol. The first-order chi connectivity index (χ1) is 9.66. The van der Waals surface area contributed by atoms with Crippen molar-refractivity contribution in [2.24, 2.45) is 0 Å². The predicted molar refractivity (Wildman–Crippen MR) is 82.3 cm³/mol. The zero-order valence-corrected chi connectivity index (χ0v) is 13.0. The van der Waals surface area contributed by atoms with E-state index in [1.54, 1.807) is 23.7 Å². The zero-order valence-electron chi connectivity index (χ0n) is 12.2. The second kappa shape index (κ2) is 7.36. The second-order valence-electron chi connectivity index (χ2n) is 4.98. The minimum Gasteiger partial charge on any atom is -0.491 e. The summed E-state index contributed by atoms with van der Waals surface area (Å²) >= 11 is 1.68. The lowest BCUT2D eigenvalue weighted by Crippen LogP contribution is -2.22. The smallest absolute Gasteiger partial charge is 0.142 e. The Morgan fingerprint density at radius 2 is 2.25 bits per heavy atom. The number of rotatable bonds is 7. The highest BCUT2D eigenvalue weighted by atomic mass is 32.1. The molecule has 2 rings (SSSR count). The first-order valence-corrected chi connectivity index (χ1v) is 7.73. The summed E-state index contributed by atoms with van der Waals surface area (Å²) in [6, 6.07) is 2.46. The van der Waals surface area contributed by atoms with Crippen LogP contribution in [0.4, 0.5) is 0 Å². The van der Waals surface area contributed by atoms with Crippen LogP contribution < -0.4 is 10.1 Å². The van der Waals surface area contributed by atoms with Crippen molar-refractivity contribution in [3.05, 3.63) is 40.1 Å². The number of nitrogens with zero attached hydrogens (tertiary/aromatic N) is 2. The molecule has 108 valence electrons. The third-order valence-electron chi connectivity index (χ3n) is 3.00. The third-order valence-corrected chi connectivity index (χ3v) is 4.00. The fraction of sp³-hybridized carbons (Fsp3) is 0.467. The molecule has 0 amide bonds. The van der Waals surface area contributed by atoms with E-state index in [-0.39, 0.29) is 0 Å². The number of hydrogen-bond donors (Lipinski definition) is 1. The summed E-state index contributed by atoms with van der Waals surface area (Å²) in [4.78, 5) is 9.68. The average Bonchev–Trinajstić information content (AvgIpc) is 2.83. The molecule has 1 N–H and O–H groups in total. The molecule has 0 aliphatic heterocycles. The van der Waals surface area contributed by atoms with Crippen LogP contribution >= 0.6 is 11.3 Å². The van der Waals surface area contributed by atoms with Crippen LogP contribution in [0, 0.1) is 6.92 Å². The van der Waals surface area contributed by atoms with Crippen molar-refractivity contribution in [1.82, 2.24) is 15.3 Å². The van der Waals surface area contributed by atoms with Gasteiger partial charge in [-0.05, 0) is 13.0 Å². The molecule has 2 aromatic rings. The number of aryl methyl sites for hydroxylation is 1. The van der Waals surface area contributed by atoms with Gasteiger partial charge in [0.2, 0.25) is 0 Å². The topological polar surface area (TPSA) is 47.0 Å². The van der Waals surface area contributed by atoms with Gasteiger partial charge < -0.3 is 10.1 Å². The summed E-state index contributed by atoms with van der Waals surface area (Å²) in [5.74, 6) is 0.864. The van der Waals surface area contributed by atoms with Crippen LogP contribution in [0.2, 0.25) is 0 Å². The fourth-order valence-electron chi connectivity index (χ4n) is 1.82. The maximum absolute atomic E-state index is 5.87. The number of aromatic nitrogens is 2. The van der Waals surface area contributed by atoms with Gasteiger partial charge >= 0.3 is 0 Å². The Hall–Kier alpha value is -1.46. The molecule has 5 heteroatoms. The first-order valence-electron chi connectivity index (χ1n) is 6.85. The Kier molecular flexibility index (Phi) is 5.49. The van der Waals surface area contributed by atoms with Crippen LogP contribution in [0.3, 0.4) is 0 Å². The van der Waals surface area contributed by atoms with E-state index < -0.39 is 0 Å². The lowest BCUT2D eigenvalue weighted by molar-refractivity contribution is 0.316. The number of ether oxygens (including phenoxy) is 1. The highest BCUT2D eigenvalue weighted by Crippen LogP contribution is 2.18. The van der Waals surface area contributed by atoms with E-state index in [4.69, 9.17) is 4.74 Å². The van der Waals surface area contributed by atoms with Crippen molar-refractivity contribution in [1.29, 1.82) is 0 Å². The Labute approximate surface area is 124 Å². The molecular formula is C15H21N3OS. The van der Waals surface area contributed by atoms with E-state index in [2.05, 4.69) is 29.1 Å². The van der Waals surface area contributed by atoms with Crippen LogP contribution in [-0.4, -0.2) is 22.6 Å². The third kappa shape index (κ3) is 4.28. The molecule has 2 heterocycles. The summed E-state index contributed by atoms with van der Waals surface area (Å²) in [5, 5.41) is 3.40. The summed E-state index contributed by atoms with van der Waals surface area (Å²) in [5.41, 5.74) is 4.13. The fourth-order valence-corrected chi connectivity index (χ4v) is 2.58. The molecule has 0 bridgehead atoms. The van der Waals surface area contributed by atoms with Gasteiger partial charge in [-0.1, -0.05) is 13.8 Å².